The maximum absolute atomic E-state index is 13.9. The third-order valence-corrected chi connectivity index (χ3v) is 5.76. The zero-order chi connectivity index (χ0) is 17.2. The fourth-order valence-corrected chi connectivity index (χ4v) is 4.53. The molecule has 5 rings (SSSR count). The van der Waals surface area contributed by atoms with Gasteiger partial charge in [0, 0.05) is 44.0 Å². The van der Waals surface area contributed by atoms with Crippen molar-refractivity contribution in [3.05, 3.63) is 11.3 Å². The molecule has 25 heavy (non-hydrogen) atoms. The first kappa shape index (κ1) is 15.3. The first-order valence-corrected chi connectivity index (χ1v) is 8.94. The molecule has 0 spiro atoms. The number of nitrogens with zero attached hydrogens (tertiary/aromatic N) is 3. The number of furan rings is 1. The van der Waals surface area contributed by atoms with E-state index in [9.17, 15) is 8.78 Å². The highest BCUT2D eigenvalue weighted by Crippen LogP contribution is 2.41. The van der Waals surface area contributed by atoms with Crippen molar-refractivity contribution >= 4 is 22.9 Å². The number of alkyl halides is 2. The van der Waals surface area contributed by atoms with Gasteiger partial charge in [-0.2, -0.15) is 4.98 Å². The normalized spacial score (nSPS) is 28.2. The van der Waals surface area contributed by atoms with E-state index in [1.165, 1.54) is 12.8 Å². The van der Waals surface area contributed by atoms with Crippen LogP contribution in [0.1, 0.15) is 30.6 Å². The molecule has 1 aliphatic carbocycles. The minimum Gasteiger partial charge on any atom is -0.455 e. The topological polar surface area (TPSA) is 80.2 Å². The number of anilines is 2. The fourth-order valence-electron chi connectivity index (χ4n) is 4.53. The number of aryl methyl sites for hydroxylation is 1. The largest absolute Gasteiger partial charge is 0.455 e. The molecular weight excluding hydrogens is 328 g/mol. The van der Waals surface area contributed by atoms with E-state index >= 15 is 0 Å². The Balaban J connectivity index is 1.59. The number of hydrogen-bond donors (Lipinski definition) is 2. The van der Waals surface area contributed by atoms with Gasteiger partial charge in [-0.25, -0.2) is 13.8 Å². The molecule has 2 unspecified atom stereocenters. The summed E-state index contributed by atoms with van der Waals surface area (Å²) in [5.41, 5.74) is 7.37. The molecule has 4 heterocycles. The third kappa shape index (κ3) is 2.46. The van der Waals surface area contributed by atoms with Crippen LogP contribution >= 0.6 is 0 Å². The van der Waals surface area contributed by atoms with E-state index in [-0.39, 0.29) is 25.2 Å². The summed E-state index contributed by atoms with van der Waals surface area (Å²) in [5, 5.41) is 3.56. The molecule has 0 bridgehead atoms. The van der Waals surface area contributed by atoms with E-state index < -0.39 is 5.92 Å². The highest BCUT2D eigenvalue weighted by Gasteiger charge is 2.40. The quantitative estimate of drug-likeness (QED) is 0.821. The predicted octanol–water partition coefficient (Wildman–Crippen LogP) is 2.12. The third-order valence-electron chi connectivity index (χ3n) is 5.76. The molecule has 0 saturated carbocycles. The Morgan fingerprint density at radius 2 is 2.16 bits per heavy atom. The smallest absolute Gasteiger partial charge is 0.252 e. The van der Waals surface area contributed by atoms with E-state index in [4.69, 9.17) is 10.2 Å². The second-order valence-corrected chi connectivity index (χ2v) is 7.49. The Bertz CT molecular complexity index is 822. The molecule has 134 valence electrons. The lowest BCUT2D eigenvalue weighted by Gasteiger charge is -2.24. The summed E-state index contributed by atoms with van der Waals surface area (Å²) >= 11 is 0. The second-order valence-electron chi connectivity index (χ2n) is 7.49. The van der Waals surface area contributed by atoms with Gasteiger partial charge in [-0.05, 0) is 25.3 Å². The van der Waals surface area contributed by atoms with Crippen molar-refractivity contribution in [2.45, 2.75) is 44.1 Å². The van der Waals surface area contributed by atoms with Gasteiger partial charge in [0.2, 0.25) is 5.95 Å². The van der Waals surface area contributed by atoms with E-state index in [1.807, 2.05) is 0 Å². The van der Waals surface area contributed by atoms with E-state index in [2.05, 4.69) is 20.2 Å². The zero-order valence-corrected chi connectivity index (χ0v) is 13.9. The van der Waals surface area contributed by atoms with Crippen LogP contribution in [0.4, 0.5) is 20.5 Å². The molecule has 2 saturated heterocycles. The molecule has 2 aromatic rings. The van der Waals surface area contributed by atoms with Gasteiger partial charge in [0.15, 0.2) is 11.4 Å². The average Bonchev–Trinajstić information content (AvgIpc) is 3.15. The number of halogens is 2. The SMILES string of the molecule is Nc1nc(N2CC3CCCNC3C2)c2oc3c(c2n1)CC(F)(F)CC3. The molecule has 6 nitrogen and oxygen atoms in total. The summed E-state index contributed by atoms with van der Waals surface area (Å²) in [5.74, 6) is -0.763. The first-order valence-electron chi connectivity index (χ1n) is 8.94. The number of aromatic nitrogens is 2. The fraction of sp³-hybridized carbons (Fsp3) is 0.647. The van der Waals surface area contributed by atoms with Crippen LogP contribution in [0.15, 0.2) is 4.42 Å². The van der Waals surface area contributed by atoms with Crippen molar-refractivity contribution in [2.24, 2.45) is 5.92 Å². The minimum atomic E-state index is -2.71. The van der Waals surface area contributed by atoms with Gasteiger partial charge >= 0.3 is 0 Å². The van der Waals surface area contributed by atoms with Crippen LogP contribution < -0.4 is 16.0 Å². The molecular formula is C17H21F2N5O. The number of hydrogen-bond acceptors (Lipinski definition) is 6. The molecule has 3 aliphatic rings. The molecule has 0 amide bonds. The number of piperidine rings is 1. The average molecular weight is 349 g/mol. The van der Waals surface area contributed by atoms with Crippen LogP contribution in [-0.4, -0.2) is 41.6 Å². The molecule has 3 N–H and O–H groups in total. The Kier molecular flexibility index (Phi) is 3.22. The lowest BCUT2D eigenvalue weighted by molar-refractivity contribution is -0.0140. The van der Waals surface area contributed by atoms with Crippen molar-refractivity contribution < 1.29 is 13.2 Å². The Labute approximate surface area is 143 Å². The monoisotopic (exact) mass is 349 g/mol. The summed E-state index contributed by atoms with van der Waals surface area (Å²) in [6.45, 7) is 2.75. The summed E-state index contributed by atoms with van der Waals surface area (Å²) < 4.78 is 33.7. The van der Waals surface area contributed by atoms with E-state index in [0.717, 1.165) is 19.6 Å². The first-order chi connectivity index (χ1) is 12.0. The number of nitrogens with one attached hydrogen (secondary N) is 1. The van der Waals surface area contributed by atoms with Gasteiger partial charge in [0.05, 0.1) is 0 Å². The minimum absolute atomic E-state index is 0.114. The van der Waals surface area contributed by atoms with Gasteiger partial charge in [-0.1, -0.05) is 0 Å². The molecule has 2 fully saturated rings. The molecule has 2 aromatic heterocycles. The zero-order valence-electron chi connectivity index (χ0n) is 13.9. The van der Waals surface area contributed by atoms with Gasteiger partial charge in [-0.3, -0.25) is 0 Å². The van der Waals surface area contributed by atoms with Crippen molar-refractivity contribution in [1.82, 2.24) is 15.3 Å². The highest BCUT2D eigenvalue weighted by molar-refractivity contribution is 5.89. The lowest BCUT2D eigenvalue weighted by atomic mass is 9.94. The van der Waals surface area contributed by atoms with Crippen LogP contribution in [-0.2, 0) is 12.8 Å². The maximum atomic E-state index is 13.9. The van der Waals surface area contributed by atoms with Crippen LogP contribution in [0.25, 0.3) is 11.1 Å². The Hall–Kier alpha value is -1.96. The van der Waals surface area contributed by atoms with Crippen LogP contribution in [0, 0.1) is 5.92 Å². The molecule has 0 radical (unpaired) electrons. The van der Waals surface area contributed by atoms with Gasteiger partial charge in [0.1, 0.15) is 11.3 Å². The molecule has 2 aliphatic heterocycles. The summed E-state index contributed by atoms with van der Waals surface area (Å²) in [4.78, 5) is 10.8. The van der Waals surface area contributed by atoms with Crippen molar-refractivity contribution in [2.75, 3.05) is 30.3 Å². The predicted molar refractivity (Wildman–Crippen MR) is 89.9 cm³/mol. The van der Waals surface area contributed by atoms with Crippen molar-refractivity contribution in [1.29, 1.82) is 0 Å². The van der Waals surface area contributed by atoms with Crippen molar-refractivity contribution in [3.8, 4) is 0 Å². The van der Waals surface area contributed by atoms with Gasteiger partial charge in [0.25, 0.3) is 5.92 Å². The Morgan fingerprint density at radius 3 is 3.00 bits per heavy atom. The van der Waals surface area contributed by atoms with Crippen molar-refractivity contribution in [3.63, 3.8) is 0 Å². The molecule has 8 heteroatoms. The van der Waals surface area contributed by atoms with Crippen LogP contribution in [0.3, 0.4) is 0 Å². The lowest BCUT2D eigenvalue weighted by Crippen LogP contribution is -2.40. The van der Waals surface area contributed by atoms with E-state index in [1.54, 1.807) is 0 Å². The van der Waals surface area contributed by atoms with E-state index in [0.29, 0.717) is 40.2 Å². The van der Waals surface area contributed by atoms with Gasteiger partial charge in [-0.15, -0.1) is 0 Å². The number of fused-ring (bicyclic) bond motifs is 4. The number of nitrogens with two attached hydrogens (primary N) is 1. The maximum Gasteiger partial charge on any atom is 0.252 e. The summed E-state index contributed by atoms with van der Waals surface area (Å²) in [6.07, 6.45) is 2.08. The highest BCUT2D eigenvalue weighted by atomic mass is 19.3. The standard InChI is InChI=1S/C17H21F2N5O/c18-17(19)4-3-12-10(6-17)13-14(25-12)15(23-16(20)22-13)24-7-9-2-1-5-21-11(9)8-24/h9,11,21H,1-8H2,(H2,20,22,23). The van der Waals surface area contributed by atoms with Crippen LogP contribution in [0.5, 0.6) is 0 Å². The number of nitrogen functional groups attached to an aromatic ring is 1. The summed E-state index contributed by atoms with van der Waals surface area (Å²) in [6, 6.07) is 0.439. The Morgan fingerprint density at radius 1 is 1.28 bits per heavy atom. The van der Waals surface area contributed by atoms with Crippen LogP contribution in [0.2, 0.25) is 0 Å². The molecule has 0 aromatic carbocycles. The number of rotatable bonds is 1. The molecule has 2 atom stereocenters. The van der Waals surface area contributed by atoms with Gasteiger partial charge < -0.3 is 20.4 Å². The summed E-state index contributed by atoms with van der Waals surface area (Å²) in [7, 11) is 0. The second kappa shape index (κ2) is 5.27.